The molecule has 0 radical (unpaired) electrons. The monoisotopic (exact) mass is 516 g/mol. The molecule has 0 fully saturated rings. The van der Waals surface area contributed by atoms with Crippen LogP contribution in [0, 0.1) is 28.9 Å². The number of nitrogens with one attached hydrogen (secondary N) is 1. The molecule has 0 aliphatic carbocycles. The summed E-state index contributed by atoms with van der Waals surface area (Å²) in [6, 6.07) is 14.4. The van der Waals surface area contributed by atoms with Crippen LogP contribution in [0.2, 0.25) is 0 Å². The van der Waals surface area contributed by atoms with E-state index in [0.717, 1.165) is 11.0 Å². The standard InChI is InChI=1S/C28H22F2N4O4/c29-21-8-7-20(23(30)14-21)15-34-24-9-6-18(5-4-17-2-1-3-19(12-17)27(31)32)13-22(24)28(38)33(16-25(34)35)11-10-26(36)37/h1-3,6-9,12-14H,10-11,15-16H2,(H3,31,32)(H,36,37). The van der Waals surface area contributed by atoms with Crippen molar-refractivity contribution in [3.63, 3.8) is 0 Å². The second kappa shape index (κ2) is 10.9. The number of carbonyl (C=O) groups excluding carboxylic acids is 2. The molecule has 192 valence electrons. The van der Waals surface area contributed by atoms with Crippen molar-refractivity contribution in [3.05, 3.63) is 100 Å². The summed E-state index contributed by atoms with van der Waals surface area (Å²) in [5, 5.41) is 16.7. The number of carbonyl (C=O) groups is 3. The number of carboxylic acid groups (broad SMARTS) is 1. The van der Waals surface area contributed by atoms with E-state index >= 15 is 0 Å². The minimum Gasteiger partial charge on any atom is -0.481 e. The number of carboxylic acids is 1. The van der Waals surface area contributed by atoms with E-state index in [0.29, 0.717) is 22.8 Å². The fraction of sp³-hybridized carbons (Fsp3) is 0.143. The number of nitrogens with two attached hydrogens (primary N) is 1. The molecule has 1 aliphatic heterocycles. The van der Waals surface area contributed by atoms with Gasteiger partial charge in [0.2, 0.25) is 5.91 Å². The lowest BCUT2D eigenvalue weighted by atomic mass is 10.0. The Balaban J connectivity index is 1.75. The Morgan fingerprint density at radius 3 is 2.45 bits per heavy atom. The number of hydrogen-bond donors (Lipinski definition) is 3. The highest BCUT2D eigenvalue weighted by molar-refractivity contribution is 6.10. The molecule has 0 aromatic heterocycles. The molecular weight excluding hydrogens is 494 g/mol. The molecule has 0 atom stereocenters. The zero-order chi connectivity index (χ0) is 27.4. The van der Waals surface area contributed by atoms with Crippen molar-refractivity contribution in [3.8, 4) is 11.8 Å². The summed E-state index contributed by atoms with van der Waals surface area (Å²) in [4.78, 5) is 40.0. The molecule has 0 bridgehead atoms. The Morgan fingerprint density at radius 2 is 1.76 bits per heavy atom. The average molecular weight is 517 g/mol. The number of hydrogen-bond acceptors (Lipinski definition) is 4. The molecule has 3 aromatic rings. The van der Waals surface area contributed by atoms with Gasteiger partial charge in [0.05, 0.1) is 24.2 Å². The first-order valence-corrected chi connectivity index (χ1v) is 11.5. The quantitative estimate of drug-likeness (QED) is 0.264. The first-order chi connectivity index (χ1) is 18.1. The van der Waals surface area contributed by atoms with Crippen LogP contribution >= 0.6 is 0 Å². The van der Waals surface area contributed by atoms with Crippen LogP contribution in [0.15, 0.2) is 60.7 Å². The molecule has 2 amide bonds. The molecule has 38 heavy (non-hydrogen) atoms. The molecule has 4 N–H and O–H groups in total. The number of nitrogen functional groups attached to an aromatic ring is 1. The molecule has 3 aromatic carbocycles. The summed E-state index contributed by atoms with van der Waals surface area (Å²) >= 11 is 0. The Kier molecular flexibility index (Phi) is 7.48. The van der Waals surface area contributed by atoms with Crippen LogP contribution in [0.25, 0.3) is 0 Å². The van der Waals surface area contributed by atoms with Crippen LogP contribution in [0.5, 0.6) is 0 Å². The topological polar surface area (TPSA) is 128 Å². The van der Waals surface area contributed by atoms with Gasteiger partial charge in [-0.25, -0.2) is 8.78 Å². The van der Waals surface area contributed by atoms with Gasteiger partial charge in [-0.1, -0.05) is 30.0 Å². The maximum absolute atomic E-state index is 14.4. The van der Waals surface area contributed by atoms with E-state index in [1.54, 1.807) is 30.3 Å². The van der Waals surface area contributed by atoms with Crippen molar-refractivity contribution in [2.24, 2.45) is 5.73 Å². The maximum atomic E-state index is 14.4. The van der Waals surface area contributed by atoms with E-state index in [-0.39, 0.29) is 42.2 Å². The van der Waals surface area contributed by atoms with Crippen molar-refractivity contribution in [2.75, 3.05) is 18.0 Å². The predicted molar refractivity (Wildman–Crippen MR) is 136 cm³/mol. The van der Waals surface area contributed by atoms with Gasteiger partial charge in [-0.05, 0) is 36.4 Å². The Labute approximate surface area is 216 Å². The summed E-state index contributed by atoms with van der Waals surface area (Å²) < 4.78 is 27.8. The van der Waals surface area contributed by atoms with Gasteiger partial charge in [-0.3, -0.25) is 19.8 Å². The highest BCUT2D eigenvalue weighted by atomic mass is 19.1. The molecule has 0 saturated heterocycles. The number of anilines is 1. The zero-order valence-electron chi connectivity index (χ0n) is 20.0. The molecule has 1 heterocycles. The number of benzene rings is 3. The first-order valence-electron chi connectivity index (χ1n) is 11.5. The number of amidine groups is 1. The molecule has 0 saturated carbocycles. The third-order valence-corrected chi connectivity index (χ3v) is 5.90. The van der Waals surface area contributed by atoms with Crippen LogP contribution < -0.4 is 10.6 Å². The van der Waals surface area contributed by atoms with Gasteiger partial charge < -0.3 is 20.6 Å². The van der Waals surface area contributed by atoms with Crippen molar-refractivity contribution in [1.29, 1.82) is 5.41 Å². The fourth-order valence-electron chi connectivity index (χ4n) is 3.96. The van der Waals surface area contributed by atoms with E-state index in [1.807, 2.05) is 0 Å². The molecule has 0 spiro atoms. The van der Waals surface area contributed by atoms with E-state index < -0.39 is 36.0 Å². The zero-order valence-corrected chi connectivity index (χ0v) is 20.0. The molecular formula is C28H22F2N4O4. The Hall–Kier alpha value is -5.04. The van der Waals surface area contributed by atoms with Crippen LogP contribution in [0.4, 0.5) is 14.5 Å². The summed E-state index contributed by atoms with van der Waals surface area (Å²) in [6.07, 6.45) is -0.368. The lowest BCUT2D eigenvalue weighted by molar-refractivity contribution is -0.137. The van der Waals surface area contributed by atoms with Crippen LogP contribution in [0.1, 0.15) is 39.0 Å². The molecule has 1 aliphatic rings. The predicted octanol–water partition coefficient (Wildman–Crippen LogP) is 3.11. The lowest BCUT2D eigenvalue weighted by Crippen LogP contribution is -2.40. The van der Waals surface area contributed by atoms with Gasteiger partial charge in [0.25, 0.3) is 5.91 Å². The normalized spacial score (nSPS) is 12.9. The van der Waals surface area contributed by atoms with Gasteiger partial charge in [-0.15, -0.1) is 0 Å². The average Bonchev–Trinajstić information content (AvgIpc) is 2.97. The van der Waals surface area contributed by atoms with Crippen molar-refractivity contribution in [1.82, 2.24) is 4.90 Å². The van der Waals surface area contributed by atoms with Crippen LogP contribution in [0.3, 0.4) is 0 Å². The van der Waals surface area contributed by atoms with E-state index in [9.17, 15) is 23.2 Å². The second-order valence-electron chi connectivity index (χ2n) is 8.56. The number of halogens is 2. The number of amides is 2. The van der Waals surface area contributed by atoms with E-state index in [2.05, 4.69) is 11.8 Å². The highest BCUT2D eigenvalue weighted by Crippen LogP contribution is 2.29. The second-order valence-corrected chi connectivity index (χ2v) is 8.56. The summed E-state index contributed by atoms with van der Waals surface area (Å²) in [5.41, 5.74) is 7.40. The lowest BCUT2D eigenvalue weighted by Gasteiger charge is -2.23. The van der Waals surface area contributed by atoms with Gasteiger partial charge in [0.15, 0.2) is 0 Å². The largest absolute Gasteiger partial charge is 0.481 e. The van der Waals surface area contributed by atoms with Crippen LogP contribution in [-0.2, 0) is 16.1 Å². The van der Waals surface area contributed by atoms with E-state index in [1.165, 1.54) is 23.1 Å². The summed E-state index contributed by atoms with van der Waals surface area (Å²) in [5.74, 6) is 1.93. The number of fused-ring (bicyclic) bond motifs is 1. The highest BCUT2D eigenvalue weighted by Gasteiger charge is 2.32. The Bertz CT molecular complexity index is 1530. The van der Waals surface area contributed by atoms with Crippen molar-refractivity contribution < 1.29 is 28.3 Å². The molecule has 10 heteroatoms. The smallest absolute Gasteiger partial charge is 0.305 e. The number of nitrogens with zero attached hydrogens (tertiary/aromatic N) is 2. The van der Waals surface area contributed by atoms with Gasteiger partial charge in [0, 0.05) is 34.9 Å². The van der Waals surface area contributed by atoms with Gasteiger partial charge >= 0.3 is 5.97 Å². The van der Waals surface area contributed by atoms with Crippen LogP contribution in [-0.4, -0.2) is 46.7 Å². The third-order valence-electron chi connectivity index (χ3n) is 5.90. The minimum atomic E-state index is -1.13. The van der Waals surface area contributed by atoms with Crippen molar-refractivity contribution in [2.45, 2.75) is 13.0 Å². The third kappa shape index (κ3) is 5.84. The van der Waals surface area contributed by atoms with Gasteiger partial charge in [0.1, 0.15) is 24.0 Å². The number of aliphatic carboxylic acids is 1. The SMILES string of the molecule is N=C(N)c1cccc(C#Cc2ccc3c(c2)C(=O)N(CCC(=O)O)CC(=O)N3Cc2ccc(F)cc2F)c1. The Morgan fingerprint density at radius 1 is 1.03 bits per heavy atom. The van der Waals surface area contributed by atoms with Gasteiger partial charge in [-0.2, -0.15) is 0 Å². The molecule has 4 rings (SSSR count). The van der Waals surface area contributed by atoms with Crippen molar-refractivity contribution >= 4 is 29.3 Å². The number of rotatable bonds is 6. The fourth-order valence-corrected chi connectivity index (χ4v) is 3.96. The maximum Gasteiger partial charge on any atom is 0.305 e. The molecule has 8 nitrogen and oxygen atoms in total. The first kappa shape index (κ1) is 26.0. The summed E-state index contributed by atoms with van der Waals surface area (Å²) in [7, 11) is 0. The minimum absolute atomic E-state index is 0.0476. The summed E-state index contributed by atoms with van der Waals surface area (Å²) in [6.45, 7) is -0.880. The molecule has 0 unspecified atom stereocenters. The van der Waals surface area contributed by atoms with E-state index in [4.69, 9.17) is 16.2 Å².